The van der Waals surface area contributed by atoms with Crippen molar-refractivity contribution in [3.8, 4) is 5.75 Å². The lowest BCUT2D eigenvalue weighted by Gasteiger charge is -2.34. The molecule has 0 atom stereocenters. The molecule has 1 amide bonds. The quantitative estimate of drug-likeness (QED) is 0.906. The third kappa shape index (κ3) is 3.24. The van der Waals surface area contributed by atoms with Crippen molar-refractivity contribution in [2.75, 3.05) is 13.1 Å². The van der Waals surface area contributed by atoms with Gasteiger partial charge in [0, 0.05) is 32.4 Å². The van der Waals surface area contributed by atoms with Gasteiger partial charge in [0.05, 0.1) is 0 Å². The van der Waals surface area contributed by atoms with Crippen molar-refractivity contribution in [2.45, 2.75) is 37.7 Å². The normalized spacial score (nSPS) is 20.5. The average molecular weight is 303 g/mol. The second-order valence-electron chi connectivity index (χ2n) is 6.24. The fraction of sp³-hybridized carbons (Fsp3) is 0.529. The summed E-state index contributed by atoms with van der Waals surface area (Å²) in [6, 6.07) is 9.45. The lowest BCUT2D eigenvalue weighted by atomic mass is 9.93. The van der Waals surface area contributed by atoms with Crippen LogP contribution in [0, 0.1) is 5.92 Å². The lowest BCUT2D eigenvalue weighted by molar-refractivity contribution is -0.142. The van der Waals surface area contributed by atoms with Crippen LogP contribution in [-0.4, -0.2) is 40.6 Å². The Morgan fingerprint density at radius 3 is 2.36 bits per heavy atom. The molecule has 1 aromatic carbocycles. The Labute approximate surface area is 129 Å². The van der Waals surface area contributed by atoms with Gasteiger partial charge in [0.15, 0.2) is 5.60 Å². The number of carboxylic acids is 1. The molecule has 1 aromatic rings. The van der Waals surface area contributed by atoms with E-state index >= 15 is 0 Å². The number of amides is 1. The van der Waals surface area contributed by atoms with Gasteiger partial charge < -0.3 is 14.7 Å². The van der Waals surface area contributed by atoms with Crippen LogP contribution in [0.15, 0.2) is 30.3 Å². The maximum Gasteiger partial charge on any atom is 0.303 e. The number of para-hydroxylation sites is 1. The highest BCUT2D eigenvalue weighted by molar-refractivity contribution is 5.88. The Morgan fingerprint density at radius 1 is 1.18 bits per heavy atom. The Balaban J connectivity index is 1.57. The summed E-state index contributed by atoms with van der Waals surface area (Å²) >= 11 is 0. The molecule has 0 aromatic heterocycles. The number of nitrogens with zero attached hydrogens (tertiary/aromatic N) is 1. The number of ether oxygens (including phenoxy) is 1. The van der Waals surface area contributed by atoms with E-state index in [1.54, 1.807) is 0 Å². The summed E-state index contributed by atoms with van der Waals surface area (Å²) in [6.45, 7) is 1.27. The summed E-state index contributed by atoms with van der Waals surface area (Å²) in [4.78, 5) is 25.3. The van der Waals surface area contributed by atoms with Crippen molar-refractivity contribution in [3.05, 3.63) is 30.3 Å². The minimum Gasteiger partial charge on any atom is -0.481 e. The highest BCUT2D eigenvalue weighted by Gasteiger charge is 2.55. The highest BCUT2D eigenvalue weighted by atomic mass is 16.5. The maximum atomic E-state index is 12.7. The summed E-state index contributed by atoms with van der Waals surface area (Å²) in [6.07, 6.45) is 3.25. The lowest BCUT2D eigenvalue weighted by Crippen LogP contribution is -2.47. The first-order valence-corrected chi connectivity index (χ1v) is 7.84. The van der Waals surface area contributed by atoms with Gasteiger partial charge in [0.2, 0.25) is 0 Å². The molecule has 0 spiro atoms. The van der Waals surface area contributed by atoms with Crippen LogP contribution in [0.3, 0.4) is 0 Å². The van der Waals surface area contributed by atoms with Crippen molar-refractivity contribution >= 4 is 11.9 Å². The molecular formula is C17H21NO4. The Morgan fingerprint density at radius 2 is 1.82 bits per heavy atom. The number of carbonyl (C=O) groups is 2. The molecule has 2 aliphatic rings. The molecule has 1 heterocycles. The number of likely N-dealkylation sites (tertiary alicyclic amines) is 1. The number of carboxylic acid groups (broad SMARTS) is 1. The first-order valence-electron chi connectivity index (χ1n) is 7.84. The highest BCUT2D eigenvalue weighted by Crippen LogP contribution is 2.42. The molecule has 0 bridgehead atoms. The van der Waals surface area contributed by atoms with Gasteiger partial charge in [-0.2, -0.15) is 0 Å². The zero-order chi connectivity index (χ0) is 15.6. The topological polar surface area (TPSA) is 66.8 Å². The summed E-state index contributed by atoms with van der Waals surface area (Å²) in [5.74, 6) is 0.224. The zero-order valence-corrected chi connectivity index (χ0v) is 12.5. The Hall–Kier alpha value is -2.04. The third-order valence-corrected chi connectivity index (χ3v) is 4.52. The zero-order valence-electron chi connectivity index (χ0n) is 12.5. The molecule has 0 unspecified atom stereocenters. The van der Waals surface area contributed by atoms with Crippen LogP contribution in [0.1, 0.15) is 32.1 Å². The van der Waals surface area contributed by atoms with Gasteiger partial charge in [0.1, 0.15) is 5.75 Å². The Bertz CT molecular complexity index is 545. The first-order chi connectivity index (χ1) is 10.6. The minimum atomic E-state index is -0.754. The molecule has 1 N–H and O–H groups in total. The summed E-state index contributed by atoms with van der Waals surface area (Å²) in [7, 11) is 0. The molecule has 3 rings (SSSR count). The van der Waals surface area contributed by atoms with Gasteiger partial charge in [0.25, 0.3) is 5.91 Å². The number of rotatable bonds is 5. The molecule has 5 nitrogen and oxygen atoms in total. The van der Waals surface area contributed by atoms with E-state index in [0.717, 1.165) is 31.4 Å². The molecule has 22 heavy (non-hydrogen) atoms. The van der Waals surface area contributed by atoms with Gasteiger partial charge in [-0.05, 0) is 30.9 Å². The molecule has 1 aliphatic carbocycles. The summed E-state index contributed by atoms with van der Waals surface area (Å²) < 4.78 is 5.93. The van der Waals surface area contributed by atoms with E-state index in [1.165, 1.54) is 0 Å². The molecule has 5 heteroatoms. The van der Waals surface area contributed by atoms with E-state index in [2.05, 4.69) is 0 Å². The van der Waals surface area contributed by atoms with E-state index < -0.39 is 11.6 Å². The van der Waals surface area contributed by atoms with Gasteiger partial charge in [-0.3, -0.25) is 9.59 Å². The molecular weight excluding hydrogens is 282 g/mol. The van der Waals surface area contributed by atoms with Crippen LogP contribution < -0.4 is 4.74 Å². The van der Waals surface area contributed by atoms with Crippen LogP contribution in [-0.2, 0) is 9.59 Å². The third-order valence-electron chi connectivity index (χ3n) is 4.52. The minimum absolute atomic E-state index is 0.0603. The first kappa shape index (κ1) is 14.9. The van der Waals surface area contributed by atoms with Crippen LogP contribution in [0.4, 0.5) is 0 Å². The van der Waals surface area contributed by atoms with Crippen molar-refractivity contribution in [3.63, 3.8) is 0 Å². The van der Waals surface area contributed by atoms with E-state index in [0.29, 0.717) is 13.1 Å². The molecule has 1 saturated carbocycles. The number of aliphatic carboxylic acids is 1. The molecule has 2 fully saturated rings. The second kappa shape index (κ2) is 5.99. The largest absolute Gasteiger partial charge is 0.481 e. The molecule has 1 saturated heterocycles. The smallest absolute Gasteiger partial charge is 0.303 e. The summed E-state index contributed by atoms with van der Waals surface area (Å²) in [5, 5.41) is 8.84. The fourth-order valence-corrected chi connectivity index (χ4v) is 3.06. The predicted molar refractivity (Wildman–Crippen MR) is 80.6 cm³/mol. The summed E-state index contributed by atoms with van der Waals surface area (Å²) in [5.41, 5.74) is -0.680. The second-order valence-corrected chi connectivity index (χ2v) is 6.24. The van der Waals surface area contributed by atoms with Crippen LogP contribution in [0.5, 0.6) is 5.75 Å². The standard InChI is InChI=1S/C17H21NO4/c19-15(20)12-13-6-10-18(11-7-13)16(21)17(8-9-17)22-14-4-2-1-3-5-14/h1-5,13H,6-12H2,(H,19,20). The van der Waals surface area contributed by atoms with Gasteiger partial charge in [-0.1, -0.05) is 18.2 Å². The maximum absolute atomic E-state index is 12.7. The van der Waals surface area contributed by atoms with Crippen molar-refractivity contribution in [1.82, 2.24) is 4.90 Å². The van der Waals surface area contributed by atoms with Crippen molar-refractivity contribution in [1.29, 1.82) is 0 Å². The number of carbonyl (C=O) groups excluding carboxylic acids is 1. The van der Waals surface area contributed by atoms with Crippen molar-refractivity contribution < 1.29 is 19.4 Å². The molecule has 118 valence electrons. The van der Waals surface area contributed by atoms with E-state index in [9.17, 15) is 9.59 Å². The van der Waals surface area contributed by atoms with E-state index in [4.69, 9.17) is 9.84 Å². The van der Waals surface area contributed by atoms with E-state index in [-0.39, 0.29) is 18.2 Å². The number of piperidine rings is 1. The van der Waals surface area contributed by atoms with Gasteiger partial charge in [-0.15, -0.1) is 0 Å². The SMILES string of the molecule is O=C(O)CC1CCN(C(=O)C2(Oc3ccccc3)CC2)CC1. The fourth-order valence-electron chi connectivity index (χ4n) is 3.06. The predicted octanol–water partition coefficient (Wildman–Crippen LogP) is 2.31. The molecule has 1 aliphatic heterocycles. The van der Waals surface area contributed by atoms with E-state index in [1.807, 2.05) is 35.2 Å². The molecule has 0 radical (unpaired) electrons. The monoisotopic (exact) mass is 303 g/mol. The average Bonchev–Trinajstić information content (AvgIpc) is 3.28. The Kier molecular flexibility index (Phi) is 4.05. The van der Waals surface area contributed by atoms with Gasteiger partial charge in [-0.25, -0.2) is 0 Å². The van der Waals surface area contributed by atoms with Crippen LogP contribution >= 0.6 is 0 Å². The number of hydrogen-bond donors (Lipinski definition) is 1. The van der Waals surface area contributed by atoms with Crippen LogP contribution in [0.2, 0.25) is 0 Å². The number of hydrogen-bond acceptors (Lipinski definition) is 3. The number of benzene rings is 1. The van der Waals surface area contributed by atoms with Gasteiger partial charge >= 0.3 is 5.97 Å². The van der Waals surface area contributed by atoms with Crippen LogP contribution in [0.25, 0.3) is 0 Å². The van der Waals surface area contributed by atoms with Crippen molar-refractivity contribution in [2.24, 2.45) is 5.92 Å².